The molecular weight excluding hydrogens is 258 g/mol. The van der Waals surface area contributed by atoms with E-state index in [-0.39, 0.29) is 5.92 Å². The van der Waals surface area contributed by atoms with Crippen molar-refractivity contribution in [2.45, 2.75) is 64.6 Å². The first-order valence-electron chi connectivity index (χ1n) is 6.94. The van der Waals surface area contributed by atoms with Crippen molar-refractivity contribution >= 4 is 18.2 Å². The maximum Gasteiger partial charge on any atom is 0.280 e. The molecule has 0 heterocycles. The summed E-state index contributed by atoms with van der Waals surface area (Å²) in [4.78, 5) is 41.6. The van der Waals surface area contributed by atoms with Gasteiger partial charge in [0.05, 0.1) is 0 Å². The van der Waals surface area contributed by atoms with Crippen LogP contribution in [-0.2, 0) is 14.4 Å². The van der Waals surface area contributed by atoms with Crippen LogP contribution in [0.5, 0.6) is 0 Å². The number of hydrogen-bond acceptors (Lipinski definition) is 6. The first kappa shape index (κ1) is 18.1. The lowest BCUT2D eigenvalue weighted by Crippen LogP contribution is -2.30. The molecule has 0 saturated heterocycles. The van der Waals surface area contributed by atoms with Crippen molar-refractivity contribution in [3.05, 3.63) is 0 Å². The summed E-state index contributed by atoms with van der Waals surface area (Å²) in [5.74, 6) is -2.10. The van der Waals surface area contributed by atoms with Gasteiger partial charge in [0.25, 0.3) is 5.79 Å². The van der Waals surface area contributed by atoms with Crippen LogP contribution in [0.4, 0.5) is 0 Å². The second-order valence-electron chi connectivity index (χ2n) is 4.75. The van der Waals surface area contributed by atoms with Crippen molar-refractivity contribution in [2.24, 2.45) is 20.9 Å². The maximum atomic E-state index is 10.5. The van der Waals surface area contributed by atoms with E-state index >= 15 is 0 Å². The zero-order valence-corrected chi connectivity index (χ0v) is 12.1. The van der Waals surface area contributed by atoms with Crippen molar-refractivity contribution < 1.29 is 14.4 Å². The van der Waals surface area contributed by atoms with Gasteiger partial charge in [-0.15, -0.1) is 15.0 Å². The molecule has 1 atom stereocenters. The second-order valence-corrected chi connectivity index (χ2v) is 4.75. The van der Waals surface area contributed by atoms with Gasteiger partial charge in [-0.2, -0.15) is 0 Å². The van der Waals surface area contributed by atoms with Crippen LogP contribution in [0.1, 0.15) is 58.8 Å². The quantitative estimate of drug-likeness (QED) is 0.331. The van der Waals surface area contributed by atoms with Gasteiger partial charge in [0, 0.05) is 5.92 Å². The van der Waals surface area contributed by atoms with E-state index in [2.05, 4.69) is 21.9 Å². The van der Waals surface area contributed by atoms with Crippen LogP contribution in [0.25, 0.3) is 0 Å². The van der Waals surface area contributed by atoms with Crippen molar-refractivity contribution in [3.63, 3.8) is 0 Å². The lowest BCUT2D eigenvalue weighted by molar-refractivity contribution is 0.289. The monoisotopic (exact) mass is 279 g/mol. The molecule has 0 aliphatic rings. The van der Waals surface area contributed by atoms with Gasteiger partial charge < -0.3 is 0 Å². The molecule has 110 valence electrons. The SMILES string of the molecule is CCCCCCCCC(C)C(N=C=O)(N=C=O)N=C=O. The molecule has 0 saturated carbocycles. The Morgan fingerprint density at radius 2 is 1.30 bits per heavy atom. The molecular formula is C14H21N3O3. The molecule has 0 aliphatic carbocycles. The second kappa shape index (κ2) is 11.0. The van der Waals surface area contributed by atoms with Gasteiger partial charge >= 0.3 is 0 Å². The fourth-order valence-electron chi connectivity index (χ4n) is 2.03. The summed E-state index contributed by atoms with van der Waals surface area (Å²) in [6.07, 6.45) is 11.2. The van der Waals surface area contributed by atoms with E-state index in [1.165, 1.54) is 37.5 Å². The average molecular weight is 279 g/mol. The van der Waals surface area contributed by atoms with Crippen LogP contribution in [0.2, 0.25) is 0 Å². The predicted octanol–water partition coefficient (Wildman–Crippen LogP) is 3.03. The smallest absolute Gasteiger partial charge is 0.211 e. The van der Waals surface area contributed by atoms with Crippen LogP contribution < -0.4 is 0 Å². The van der Waals surface area contributed by atoms with Gasteiger partial charge in [-0.25, -0.2) is 14.4 Å². The minimum absolute atomic E-state index is 0.363. The van der Waals surface area contributed by atoms with Crippen LogP contribution >= 0.6 is 0 Å². The first-order valence-corrected chi connectivity index (χ1v) is 6.94. The summed E-state index contributed by atoms with van der Waals surface area (Å²) in [6.45, 7) is 3.89. The Kier molecular flexibility index (Phi) is 9.98. The molecule has 0 aromatic carbocycles. The van der Waals surface area contributed by atoms with Crippen molar-refractivity contribution in [1.82, 2.24) is 0 Å². The van der Waals surface area contributed by atoms with E-state index in [9.17, 15) is 14.4 Å². The lowest BCUT2D eigenvalue weighted by atomic mass is 9.96. The van der Waals surface area contributed by atoms with Crippen LogP contribution in [0.15, 0.2) is 15.0 Å². The summed E-state index contributed by atoms with van der Waals surface area (Å²) >= 11 is 0. The van der Waals surface area contributed by atoms with Crippen molar-refractivity contribution in [1.29, 1.82) is 0 Å². The number of unbranched alkanes of at least 4 members (excludes halogenated alkanes) is 5. The van der Waals surface area contributed by atoms with E-state index in [1.54, 1.807) is 6.92 Å². The standard InChI is InChI=1S/C14H21N3O3/c1-3-4-5-6-7-8-9-13(2)14(15-10-18,16-11-19)17-12-20/h13H,3-9H2,1-2H3. The summed E-state index contributed by atoms with van der Waals surface area (Å²) < 4.78 is 0. The van der Waals surface area contributed by atoms with Gasteiger partial charge in [0.2, 0.25) is 18.2 Å². The first-order chi connectivity index (χ1) is 9.66. The fraction of sp³-hybridized carbons (Fsp3) is 0.786. The molecule has 0 spiro atoms. The molecule has 0 fully saturated rings. The molecule has 0 rings (SSSR count). The highest BCUT2D eigenvalue weighted by Crippen LogP contribution is 2.29. The normalized spacial score (nSPS) is 14.1. The molecule has 0 radical (unpaired) electrons. The molecule has 1 unspecified atom stereocenters. The zero-order valence-electron chi connectivity index (χ0n) is 12.1. The predicted molar refractivity (Wildman–Crippen MR) is 74.3 cm³/mol. The number of aliphatic imine (C=N–C) groups is 3. The largest absolute Gasteiger partial charge is 0.280 e. The highest BCUT2D eigenvalue weighted by Gasteiger charge is 2.36. The van der Waals surface area contributed by atoms with Crippen LogP contribution in [0, 0.1) is 5.92 Å². The zero-order chi connectivity index (χ0) is 15.3. The van der Waals surface area contributed by atoms with E-state index in [4.69, 9.17) is 0 Å². The summed E-state index contributed by atoms with van der Waals surface area (Å²) in [5, 5.41) is 0. The molecule has 6 nitrogen and oxygen atoms in total. The third kappa shape index (κ3) is 6.35. The highest BCUT2D eigenvalue weighted by atomic mass is 16.1. The number of nitrogens with zero attached hydrogens (tertiary/aromatic N) is 3. The van der Waals surface area contributed by atoms with E-state index < -0.39 is 5.79 Å². The van der Waals surface area contributed by atoms with E-state index in [0.717, 1.165) is 19.3 Å². The van der Waals surface area contributed by atoms with Crippen molar-refractivity contribution in [3.8, 4) is 0 Å². The van der Waals surface area contributed by atoms with Gasteiger partial charge in [-0.05, 0) is 6.42 Å². The number of hydrogen-bond donors (Lipinski definition) is 0. The highest BCUT2D eigenvalue weighted by molar-refractivity contribution is 5.42. The molecule has 0 N–H and O–H groups in total. The van der Waals surface area contributed by atoms with Gasteiger partial charge in [-0.3, -0.25) is 0 Å². The van der Waals surface area contributed by atoms with Crippen LogP contribution in [-0.4, -0.2) is 24.0 Å². The summed E-state index contributed by atoms with van der Waals surface area (Å²) in [5.41, 5.74) is 0. The Hall–Kier alpha value is -1.86. The van der Waals surface area contributed by atoms with Gasteiger partial charge in [0.1, 0.15) is 0 Å². The molecule has 0 aliphatic heterocycles. The Balaban J connectivity index is 4.56. The molecule has 0 aromatic heterocycles. The van der Waals surface area contributed by atoms with Gasteiger partial charge in [0.15, 0.2) is 0 Å². The molecule has 0 amide bonds. The van der Waals surface area contributed by atoms with E-state index in [1.807, 2.05) is 0 Å². The van der Waals surface area contributed by atoms with Crippen LogP contribution in [0.3, 0.4) is 0 Å². The lowest BCUT2D eigenvalue weighted by Gasteiger charge is -2.22. The number of rotatable bonds is 11. The third-order valence-electron chi connectivity index (χ3n) is 3.28. The molecule has 0 aromatic rings. The Bertz CT molecular complexity index is 372. The summed E-state index contributed by atoms with van der Waals surface area (Å²) in [6, 6.07) is 0. The third-order valence-corrected chi connectivity index (χ3v) is 3.28. The number of isocyanates is 3. The molecule has 6 heteroatoms. The van der Waals surface area contributed by atoms with E-state index in [0.29, 0.717) is 6.42 Å². The minimum Gasteiger partial charge on any atom is -0.211 e. The molecule has 20 heavy (non-hydrogen) atoms. The van der Waals surface area contributed by atoms with Crippen molar-refractivity contribution in [2.75, 3.05) is 0 Å². The fourth-order valence-corrected chi connectivity index (χ4v) is 2.03. The Morgan fingerprint density at radius 1 is 0.850 bits per heavy atom. The average Bonchev–Trinajstić information content (AvgIpc) is 2.43. The summed E-state index contributed by atoms with van der Waals surface area (Å²) in [7, 11) is 0. The molecule has 0 bridgehead atoms. The Labute approximate surface area is 119 Å². The maximum absolute atomic E-state index is 10.5. The minimum atomic E-state index is -1.74. The Morgan fingerprint density at radius 3 is 1.75 bits per heavy atom. The number of carbonyl (C=O) groups excluding carboxylic acids is 3. The topological polar surface area (TPSA) is 88.3 Å². The van der Waals surface area contributed by atoms with Gasteiger partial charge in [-0.1, -0.05) is 52.4 Å².